The van der Waals surface area contributed by atoms with E-state index >= 15 is 0 Å². The Labute approximate surface area is 122 Å². The molecule has 3 atom stereocenters. The first-order chi connectivity index (χ1) is 9.36. The number of aliphatic hydroxyl groups is 3. The van der Waals surface area contributed by atoms with Crippen LogP contribution >= 0.6 is 0 Å². The van der Waals surface area contributed by atoms with E-state index in [1.54, 1.807) is 13.8 Å². The first-order valence-corrected chi connectivity index (χ1v) is 7.58. The third-order valence-corrected chi connectivity index (χ3v) is 3.43. The third kappa shape index (κ3) is 7.52. The number of nitrogens with zero attached hydrogens (tertiary/aromatic N) is 3. The monoisotopic (exact) mass is 289 g/mol. The van der Waals surface area contributed by atoms with Crippen LogP contribution in [0.1, 0.15) is 20.8 Å². The number of hydrogen-bond acceptors (Lipinski definition) is 6. The molecule has 0 aromatic heterocycles. The van der Waals surface area contributed by atoms with Gasteiger partial charge in [0.25, 0.3) is 0 Å². The summed E-state index contributed by atoms with van der Waals surface area (Å²) < 4.78 is 0. The molecular weight excluding hydrogens is 258 g/mol. The van der Waals surface area contributed by atoms with E-state index in [0.29, 0.717) is 13.1 Å². The molecule has 1 heterocycles. The second-order valence-corrected chi connectivity index (χ2v) is 6.14. The Balaban J connectivity index is 2.34. The van der Waals surface area contributed by atoms with Gasteiger partial charge in [-0.3, -0.25) is 14.7 Å². The minimum absolute atomic E-state index is 0.275. The van der Waals surface area contributed by atoms with Crippen molar-refractivity contribution in [1.29, 1.82) is 0 Å². The Bertz CT molecular complexity index is 244. The highest BCUT2D eigenvalue weighted by molar-refractivity contribution is 4.74. The van der Waals surface area contributed by atoms with Gasteiger partial charge in [-0.2, -0.15) is 0 Å². The number of rotatable bonds is 8. The highest BCUT2D eigenvalue weighted by Gasteiger charge is 2.20. The Hall–Kier alpha value is -0.240. The van der Waals surface area contributed by atoms with Crippen LogP contribution in [0.3, 0.4) is 0 Å². The molecule has 1 saturated heterocycles. The standard InChI is InChI=1S/C14H31N3O3/c1-12(18)8-15-4-6-16(7-5-15)11-17(9-13(2)19)10-14(3)20/h12-14,18-20H,4-11H2,1-3H3. The Morgan fingerprint density at radius 2 is 1.25 bits per heavy atom. The minimum Gasteiger partial charge on any atom is -0.392 e. The van der Waals surface area contributed by atoms with Gasteiger partial charge in [-0.25, -0.2) is 0 Å². The largest absolute Gasteiger partial charge is 0.392 e. The summed E-state index contributed by atoms with van der Waals surface area (Å²) in [6, 6.07) is 0. The lowest BCUT2D eigenvalue weighted by Crippen LogP contribution is -2.52. The summed E-state index contributed by atoms with van der Waals surface area (Å²) in [4.78, 5) is 6.71. The maximum atomic E-state index is 9.53. The van der Waals surface area contributed by atoms with Gasteiger partial charge in [0.1, 0.15) is 0 Å². The van der Waals surface area contributed by atoms with Gasteiger partial charge in [0.05, 0.1) is 25.0 Å². The highest BCUT2D eigenvalue weighted by Crippen LogP contribution is 2.05. The van der Waals surface area contributed by atoms with E-state index in [4.69, 9.17) is 0 Å². The lowest BCUT2D eigenvalue weighted by Gasteiger charge is -2.38. The average molecular weight is 289 g/mol. The summed E-state index contributed by atoms with van der Waals surface area (Å²) in [5, 5.41) is 28.5. The van der Waals surface area contributed by atoms with Crippen molar-refractivity contribution >= 4 is 0 Å². The second-order valence-electron chi connectivity index (χ2n) is 6.14. The molecule has 3 N–H and O–H groups in total. The van der Waals surface area contributed by atoms with E-state index in [0.717, 1.165) is 39.4 Å². The van der Waals surface area contributed by atoms with Crippen LogP contribution in [-0.2, 0) is 0 Å². The van der Waals surface area contributed by atoms with Crippen molar-refractivity contribution in [3.8, 4) is 0 Å². The van der Waals surface area contributed by atoms with Gasteiger partial charge < -0.3 is 15.3 Å². The average Bonchev–Trinajstić information content (AvgIpc) is 2.29. The molecule has 0 bridgehead atoms. The lowest BCUT2D eigenvalue weighted by atomic mass is 10.2. The summed E-state index contributed by atoms with van der Waals surface area (Å²) in [5.41, 5.74) is 0. The quantitative estimate of drug-likeness (QED) is 0.533. The Morgan fingerprint density at radius 3 is 1.65 bits per heavy atom. The van der Waals surface area contributed by atoms with Gasteiger partial charge in [-0.1, -0.05) is 0 Å². The molecule has 120 valence electrons. The fourth-order valence-corrected chi connectivity index (χ4v) is 2.71. The fraction of sp³-hybridized carbons (Fsp3) is 1.00. The molecule has 1 aliphatic heterocycles. The first-order valence-electron chi connectivity index (χ1n) is 7.58. The third-order valence-electron chi connectivity index (χ3n) is 3.43. The van der Waals surface area contributed by atoms with Crippen LogP contribution < -0.4 is 0 Å². The molecule has 0 spiro atoms. The van der Waals surface area contributed by atoms with Gasteiger partial charge in [-0.15, -0.1) is 0 Å². The molecule has 0 saturated carbocycles. The molecule has 1 fully saturated rings. The van der Waals surface area contributed by atoms with Crippen molar-refractivity contribution in [2.24, 2.45) is 0 Å². The molecular formula is C14H31N3O3. The van der Waals surface area contributed by atoms with Crippen LogP contribution in [0.5, 0.6) is 0 Å². The van der Waals surface area contributed by atoms with Gasteiger partial charge in [0.15, 0.2) is 0 Å². The summed E-state index contributed by atoms with van der Waals surface area (Å²) in [5.74, 6) is 0. The van der Waals surface area contributed by atoms with Gasteiger partial charge in [0.2, 0.25) is 0 Å². The minimum atomic E-state index is -0.384. The highest BCUT2D eigenvalue weighted by atomic mass is 16.3. The summed E-state index contributed by atoms with van der Waals surface area (Å²) >= 11 is 0. The molecule has 1 aliphatic rings. The SMILES string of the molecule is CC(O)CN1CCN(CN(CC(C)O)CC(C)O)CC1. The maximum Gasteiger partial charge on any atom is 0.0639 e. The predicted molar refractivity (Wildman–Crippen MR) is 79.5 cm³/mol. The molecule has 3 unspecified atom stereocenters. The first kappa shape index (κ1) is 17.8. The molecule has 20 heavy (non-hydrogen) atoms. The molecule has 0 aromatic rings. The smallest absolute Gasteiger partial charge is 0.0639 e. The fourth-order valence-electron chi connectivity index (χ4n) is 2.71. The molecule has 0 amide bonds. The second kappa shape index (κ2) is 8.92. The van der Waals surface area contributed by atoms with Gasteiger partial charge in [0, 0.05) is 45.8 Å². The van der Waals surface area contributed by atoms with Crippen LogP contribution in [0.15, 0.2) is 0 Å². The zero-order valence-corrected chi connectivity index (χ0v) is 13.1. The van der Waals surface area contributed by atoms with Crippen molar-refractivity contribution in [3.63, 3.8) is 0 Å². The van der Waals surface area contributed by atoms with E-state index in [1.807, 2.05) is 6.92 Å². The van der Waals surface area contributed by atoms with Crippen molar-refractivity contribution in [2.75, 3.05) is 52.5 Å². The normalized spacial score (nSPS) is 22.9. The summed E-state index contributed by atoms with van der Waals surface area (Å²) in [6.07, 6.45) is -1.04. The van der Waals surface area contributed by atoms with Crippen LogP contribution in [0.4, 0.5) is 0 Å². The molecule has 0 aliphatic carbocycles. The topological polar surface area (TPSA) is 70.4 Å². The van der Waals surface area contributed by atoms with Crippen LogP contribution in [0.2, 0.25) is 0 Å². The van der Waals surface area contributed by atoms with Gasteiger partial charge >= 0.3 is 0 Å². The van der Waals surface area contributed by atoms with Gasteiger partial charge in [-0.05, 0) is 20.8 Å². The lowest BCUT2D eigenvalue weighted by molar-refractivity contribution is 0.0187. The molecule has 0 aromatic carbocycles. The van der Waals surface area contributed by atoms with Crippen molar-refractivity contribution in [3.05, 3.63) is 0 Å². The predicted octanol–water partition coefficient (Wildman–Crippen LogP) is -0.994. The maximum absolute atomic E-state index is 9.53. The number of hydrogen-bond donors (Lipinski definition) is 3. The molecule has 6 nitrogen and oxygen atoms in total. The van der Waals surface area contributed by atoms with E-state index in [-0.39, 0.29) is 18.3 Å². The molecule has 0 radical (unpaired) electrons. The number of aliphatic hydroxyl groups excluding tert-OH is 3. The van der Waals surface area contributed by atoms with Crippen LogP contribution in [0, 0.1) is 0 Å². The van der Waals surface area contributed by atoms with E-state index in [9.17, 15) is 15.3 Å². The van der Waals surface area contributed by atoms with E-state index in [2.05, 4.69) is 14.7 Å². The Morgan fingerprint density at radius 1 is 0.800 bits per heavy atom. The summed E-state index contributed by atoms with van der Waals surface area (Å²) in [6.45, 7) is 11.9. The molecule has 1 rings (SSSR count). The van der Waals surface area contributed by atoms with Crippen LogP contribution in [-0.4, -0.2) is 101 Å². The van der Waals surface area contributed by atoms with Crippen molar-refractivity contribution in [1.82, 2.24) is 14.7 Å². The van der Waals surface area contributed by atoms with Crippen molar-refractivity contribution in [2.45, 2.75) is 39.1 Å². The molecule has 6 heteroatoms. The van der Waals surface area contributed by atoms with E-state index < -0.39 is 0 Å². The van der Waals surface area contributed by atoms with Crippen LogP contribution in [0.25, 0.3) is 0 Å². The number of β-amino-alcohol motifs (C(OH)–C–C–N with tert-alkyl or cyclic N) is 1. The van der Waals surface area contributed by atoms with Crippen molar-refractivity contribution < 1.29 is 15.3 Å². The zero-order valence-electron chi connectivity index (χ0n) is 13.1. The van der Waals surface area contributed by atoms with E-state index in [1.165, 1.54) is 0 Å². The number of piperazine rings is 1. The Kier molecular flexibility index (Phi) is 7.94. The zero-order chi connectivity index (χ0) is 15.1. The summed E-state index contributed by atoms with van der Waals surface area (Å²) in [7, 11) is 0.